The van der Waals surface area contributed by atoms with Crippen LogP contribution in [0.15, 0.2) is 11.1 Å². The molecule has 2 bridgehead atoms. The molecule has 2 aliphatic rings. The summed E-state index contributed by atoms with van der Waals surface area (Å²) in [6, 6.07) is 0. The Morgan fingerprint density at radius 3 is 3.12 bits per heavy atom. The Hall–Kier alpha value is -1.40. The minimum absolute atomic E-state index is 0.0310. The third kappa shape index (κ3) is 2.61. The van der Waals surface area contributed by atoms with Gasteiger partial charge < -0.3 is 24.6 Å². The molecule has 5 atom stereocenters. The Kier molecular flexibility index (Phi) is 4.19. The molecule has 2 aromatic heterocycles. The highest BCUT2D eigenvalue weighted by Gasteiger charge is 2.63. The van der Waals surface area contributed by atoms with Crippen LogP contribution in [0.5, 0.6) is 0 Å². The summed E-state index contributed by atoms with van der Waals surface area (Å²) in [7, 11) is 1.29. The number of anilines is 1. The summed E-state index contributed by atoms with van der Waals surface area (Å²) in [6.07, 6.45) is 0.114. The van der Waals surface area contributed by atoms with Crippen LogP contribution in [0.25, 0.3) is 11.2 Å². The van der Waals surface area contributed by atoms with Gasteiger partial charge in [0.15, 0.2) is 17.4 Å². The molecule has 2 aliphatic heterocycles. The monoisotopic (exact) mass is 403 g/mol. The van der Waals surface area contributed by atoms with Crippen LogP contribution in [0.3, 0.4) is 0 Å². The molecular weight excluding hydrogens is 385 g/mol. The first-order chi connectivity index (χ1) is 12.3. The van der Waals surface area contributed by atoms with Gasteiger partial charge in [0.05, 0.1) is 12.9 Å². The number of imidazole rings is 1. The number of nitrogens with two attached hydrogens (primary N) is 1. The molecule has 4 heterocycles. The van der Waals surface area contributed by atoms with Crippen molar-refractivity contribution in [3.8, 4) is 0 Å². The minimum Gasteiger partial charge on any atom is -0.369 e. The van der Waals surface area contributed by atoms with Crippen molar-refractivity contribution < 1.29 is 23.4 Å². The van der Waals surface area contributed by atoms with Gasteiger partial charge in [-0.3, -0.25) is 18.9 Å². The second-order valence-corrected chi connectivity index (χ2v) is 9.05. The van der Waals surface area contributed by atoms with Crippen LogP contribution >= 0.6 is 6.72 Å². The maximum Gasteiger partial charge on any atom is 0.324 e. The smallest absolute Gasteiger partial charge is 0.324 e. The van der Waals surface area contributed by atoms with Gasteiger partial charge in [-0.05, 0) is 18.2 Å². The second kappa shape index (κ2) is 6.06. The number of ether oxygens (including phenoxy) is 2. The summed E-state index contributed by atoms with van der Waals surface area (Å²) in [5.41, 5.74) is 4.81. The SMILES string of the molecule is CCC12CO[C@H]([C@H](n3cnc4c(=O)[nH]c(N)nc43)O1)[C@H]2OP(O)(=S)OC. The van der Waals surface area contributed by atoms with Gasteiger partial charge in [0.1, 0.15) is 17.8 Å². The van der Waals surface area contributed by atoms with E-state index < -0.39 is 36.3 Å². The molecular formula is C13H18N5O6PS. The van der Waals surface area contributed by atoms with E-state index in [2.05, 4.69) is 15.0 Å². The molecule has 0 spiro atoms. The van der Waals surface area contributed by atoms with Crippen molar-refractivity contribution in [2.45, 2.75) is 37.4 Å². The Morgan fingerprint density at radius 2 is 2.42 bits per heavy atom. The zero-order valence-electron chi connectivity index (χ0n) is 14.0. The molecule has 4 rings (SSSR count). The molecule has 26 heavy (non-hydrogen) atoms. The van der Waals surface area contributed by atoms with Gasteiger partial charge >= 0.3 is 6.72 Å². The number of aromatic nitrogens is 4. The van der Waals surface area contributed by atoms with Crippen LogP contribution in [0.4, 0.5) is 5.95 Å². The lowest BCUT2D eigenvalue weighted by molar-refractivity contribution is -0.172. The van der Waals surface area contributed by atoms with E-state index in [0.717, 1.165) is 0 Å². The third-order valence-corrected chi connectivity index (χ3v) is 6.43. The summed E-state index contributed by atoms with van der Waals surface area (Å²) < 4.78 is 24.2. The van der Waals surface area contributed by atoms with Crippen molar-refractivity contribution in [3.63, 3.8) is 0 Å². The van der Waals surface area contributed by atoms with Crippen LogP contribution in [0.2, 0.25) is 0 Å². The molecule has 0 amide bonds. The highest BCUT2D eigenvalue weighted by molar-refractivity contribution is 8.07. The van der Waals surface area contributed by atoms with Crippen LogP contribution in [0, 0.1) is 0 Å². The van der Waals surface area contributed by atoms with E-state index in [1.54, 1.807) is 4.57 Å². The molecule has 2 unspecified atom stereocenters. The fourth-order valence-electron chi connectivity index (χ4n) is 3.42. The highest BCUT2D eigenvalue weighted by atomic mass is 32.5. The van der Waals surface area contributed by atoms with E-state index >= 15 is 0 Å². The van der Waals surface area contributed by atoms with Gasteiger partial charge in [0.2, 0.25) is 5.95 Å². The van der Waals surface area contributed by atoms with Crippen molar-refractivity contribution in [3.05, 3.63) is 16.7 Å². The van der Waals surface area contributed by atoms with Crippen molar-refractivity contribution in [1.82, 2.24) is 19.5 Å². The number of H-pyrrole nitrogens is 1. The minimum atomic E-state index is -3.42. The van der Waals surface area contributed by atoms with E-state index in [1.807, 2.05) is 6.92 Å². The standard InChI is InChI=1S/C13H18N5O6PS/c1-3-13-4-22-7(8(13)24-25(20,26)21-2)11(23-13)18-5-15-6-9(18)16-12(14)17-10(6)19/h5,7-8,11H,3-4H2,1-2H3,(H,20,26)(H3,14,16,17,19)/t7-,8+,11+,13?,25?/m0/s1. The average Bonchev–Trinajstić information content (AvgIpc) is 3.25. The fourth-order valence-corrected chi connectivity index (χ4v) is 4.38. The summed E-state index contributed by atoms with van der Waals surface area (Å²) in [4.78, 5) is 32.7. The highest BCUT2D eigenvalue weighted by Crippen LogP contribution is 2.55. The molecule has 4 N–H and O–H groups in total. The van der Waals surface area contributed by atoms with E-state index in [1.165, 1.54) is 13.4 Å². The van der Waals surface area contributed by atoms with Crippen LogP contribution in [0.1, 0.15) is 19.6 Å². The Morgan fingerprint density at radius 1 is 1.65 bits per heavy atom. The number of hydrogen-bond acceptors (Lipinski definition) is 9. The van der Waals surface area contributed by atoms with E-state index in [0.29, 0.717) is 6.42 Å². The van der Waals surface area contributed by atoms with Gasteiger partial charge in [-0.15, -0.1) is 0 Å². The number of aromatic amines is 1. The molecule has 2 fully saturated rings. The number of hydrogen-bond donors (Lipinski definition) is 3. The topological polar surface area (TPSA) is 147 Å². The van der Waals surface area contributed by atoms with E-state index in [9.17, 15) is 9.69 Å². The summed E-state index contributed by atoms with van der Waals surface area (Å²) in [6.45, 7) is -1.21. The molecule has 2 aromatic rings. The van der Waals surface area contributed by atoms with Crippen molar-refractivity contribution in [1.29, 1.82) is 0 Å². The van der Waals surface area contributed by atoms with Crippen LogP contribution in [-0.2, 0) is 30.3 Å². The fraction of sp³-hybridized carbons (Fsp3) is 0.615. The predicted molar refractivity (Wildman–Crippen MR) is 93.8 cm³/mol. The first-order valence-corrected chi connectivity index (χ1v) is 10.5. The van der Waals surface area contributed by atoms with Crippen LogP contribution in [-0.4, -0.2) is 55.9 Å². The Labute approximate surface area is 152 Å². The van der Waals surface area contributed by atoms with Crippen LogP contribution < -0.4 is 11.3 Å². The number of nitrogen functional groups attached to an aromatic ring is 1. The normalized spacial score (nSPS) is 33.0. The first kappa shape index (κ1) is 18.0. The largest absolute Gasteiger partial charge is 0.369 e. The lowest BCUT2D eigenvalue weighted by Gasteiger charge is -2.31. The van der Waals surface area contributed by atoms with E-state index in [-0.39, 0.29) is 23.7 Å². The molecule has 0 aliphatic carbocycles. The van der Waals surface area contributed by atoms with Gasteiger partial charge in [0, 0.05) is 7.11 Å². The molecule has 2 saturated heterocycles. The zero-order valence-corrected chi connectivity index (χ0v) is 15.7. The number of fused-ring (bicyclic) bond motifs is 3. The van der Waals surface area contributed by atoms with Crippen molar-refractivity contribution in [2.75, 3.05) is 19.5 Å². The first-order valence-electron chi connectivity index (χ1n) is 7.89. The zero-order chi connectivity index (χ0) is 18.7. The molecule has 142 valence electrons. The summed E-state index contributed by atoms with van der Waals surface area (Å²) >= 11 is 4.98. The second-order valence-electron chi connectivity index (χ2n) is 6.15. The molecule has 0 aromatic carbocycles. The molecule has 0 radical (unpaired) electrons. The maximum atomic E-state index is 12.0. The van der Waals surface area contributed by atoms with Crippen molar-refractivity contribution in [2.24, 2.45) is 0 Å². The summed E-state index contributed by atoms with van der Waals surface area (Å²) in [5, 5.41) is 0. The lowest BCUT2D eigenvalue weighted by atomic mass is 9.96. The predicted octanol–water partition coefficient (Wildman–Crippen LogP) is 0.0266. The quantitative estimate of drug-likeness (QED) is 0.584. The number of nitrogens with one attached hydrogen (secondary N) is 1. The molecule has 11 nitrogen and oxygen atoms in total. The maximum absolute atomic E-state index is 12.0. The van der Waals surface area contributed by atoms with Gasteiger partial charge in [-0.2, -0.15) is 4.98 Å². The lowest BCUT2D eigenvalue weighted by Crippen LogP contribution is -2.40. The Balaban J connectivity index is 1.76. The van der Waals surface area contributed by atoms with Gasteiger partial charge in [-0.25, -0.2) is 4.98 Å². The number of nitrogens with zero attached hydrogens (tertiary/aromatic N) is 3. The van der Waals surface area contributed by atoms with E-state index in [4.69, 9.17) is 36.1 Å². The number of rotatable bonds is 5. The molecule has 13 heteroatoms. The van der Waals surface area contributed by atoms with Gasteiger partial charge in [-0.1, -0.05) is 6.92 Å². The summed E-state index contributed by atoms with van der Waals surface area (Å²) in [5.74, 6) is -0.0310. The average molecular weight is 403 g/mol. The van der Waals surface area contributed by atoms with Gasteiger partial charge in [0.25, 0.3) is 5.56 Å². The van der Waals surface area contributed by atoms with Crippen molar-refractivity contribution >= 4 is 35.6 Å². The Bertz CT molecular complexity index is 964. The molecule has 0 saturated carbocycles. The third-order valence-electron chi connectivity index (χ3n) is 4.77.